The molecule has 0 saturated carbocycles. The maximum Gasteiger partial charge on any atom is 0.223 e. The molecule has 1 aromatic heterocycles. The highest BCUT2D eigenvalue weighted by atomic mass is 32.1. The van der Waals surface area contributed by atoms with Crippen LogP contribution < -0.4 is 10.1 Å². The van der Waals surface area contributed by atoms with Crippen LogP contribution in [0, 0.1) is 0 Å². The van der Waals surface area contributed by atoms with Crippen LogP contribution in [0.4, 0.5) is 0 Å². The van der Waals surface area contributed by atoms with Crippen molar-refractivity contribution in [3.8, 4) is 5.75 Å². The molecular weight excluding hydrogens is 332 g/mol. The Labute approximate surface area is 151 Å². The van der Waals surface area contributed by atoms with E-state index in [0.717, 1.165) is 22.9 Å². The molecule has 0 aliphatic heterocycles. The lowest BCUT2D eigenvalue weighted by molar-refractivity contribution is -0.121. The number of nitrogens with zero attached hydrogens (tertiary/aromatic N) is 1. The number of carbonyl (C=O) groups excluding carboxylic acids is 1. The third-order valence-electron chi connectivity index (χ3n) is 3.61. The van der Waals surface area contributed by atoms with Crippen molar-refractivity contribution in [1.82, 2.24) is 10.3 Å². The molecule has 3 rings (SSSR count). The van der Waals surface area contributed by atoms with E-state index in [2.05, 4.69) is 22.4 Å². The third kappa shape index (κ3) is 5.72. The van der Waals surface area contributed by atoms with Crippen LogP contribution in [0.1, 0.15) is 22.7 Å². The average molecular weight is 352 g/mol. The van der Waals surface area contributed by atoms with Crippen molar-refractivity contribution in [1.29, 1.82) is 0 Å². The molecule has 0 spiro atoms. The van der Waals surface area contributed by atoms with Crippen LogP contribution in [0.2, 0.25) is 0 Å². The molecule has 4 nitrogen and oxygen atoms in total. The lowest BCUT2D eigenvalue weighted by Crippen LogP contribution is -2.24. The summed E-state index contributed by atoms with van der Waals surface area (Å²) < 4.78 is 5.52. The second-order valence-electron chi connectivity index (χ2n) is 5.58. The van der Waals surface area contributed by atoms with Crippen LogP contribution in [0.25, 0.3) is 0 Å². The van der Waals surface area contributed by atoms with Crippen molar-refractivity contribution in [2.75, 3.05) is 6.61 Å². The van der Waals surface area contributed by atoms with Crippen LogP contribution >= 0.6 is 11.3 Å². The van der Waals surface area contributed by atoms with Gasteiger partial charge in [0.05, 0.1) is 30.3 Å². The Balaban J connectivity index is 1.39. The normalized spacial score (nSPS) is 10.4. The molecular formula is C20H20N2O2S. The maximum atomic E-state index is 11.9. The Morgan fingerprint density at radius 3 is 2.52 bits per heavy atom. The number of hydrogen-bond donors (Lipinski definition) is 1. The molecule has 0 fully saturated rings. The molecule has 3 aromatic rings. The number of ether oxygens (including phenoxy) is 1. The fourth-order valence-electron chi connectivity index (χ4n) is 2.34. The number of aromatic nitrogens is 1. The van der Waals surface area contributed by atoms with Gasteiger partial charge in [-0.2, -0.15) is 0 Å². The summed E-state index contributed by atoms with van der Waals surface area (Å²) in [6.45, 7) is 0.821. The summed E-state index contributed by atoms with van der Waals surface area (Å²) in [6, 6.07) is 19.7. The van der Waals surface area contributed by atoms with E-state index >= 15 is 0 Å². The highest BCUT2D eigenvalue weighted by Gasteiger charge is 2.06. The molecule has 25 heavy (non-hydrogen) atoms. The van der Waals surface area contributed by atoms with Gasteiger partial charge in [0.15, 0.2) is 0 Å². The molecule has 0 radical (unpaired) electrons. The monoisotopic (exact) mass is 352 g/mol. The third-order valence-corrected chi connectivity index (χ3v) is 4.50. The van der Waals surface area contributed by atoms with E-state index in [4.69, 9.17) is 4.74 Å². The van der Waals surface area contributed by atoms with Crippen molar-refractivity contribution in [2.45, 2.75) is 19.4 Å². The zero-order valence-electron chi connectivity index (χ0n) is 13.9. The Bertz CT molecular complexity index is 788. The van der Waals surface area contributed by atoms with Crippen molar-refractivity contribution >= 4 is 17.2 Å². The fourth-order valence-corrected chi connectivity index (χ4v) is 3.17. The van der Waals surface area contributed by atoms with Crippen LogP contribution in [-0.4, -0.2) is 17.5 Å². The van der Waals surface area contributed by atoms with Crippen molar-refractivity contribution < 1.29 is 9.53 Å². The minimum absolute atomic E-state index is 0.0338. The number of benzene rings is 2. The van der Waals surface area contributed by atoms with Gasteiger partial charge in [0.2, 0.25) is 5.91 Å². The van der Waals surface area contributed by atoms with Crippen LogP contribution in [0.15, 0.2) is 66.0 Å². The summed E-state index contributed by atoms with van der Waals surface area (Å²) in [6.07, 6.45) is 1.15. The zero-order chi connectivity index (χ0) is 17.3. The van der Waals surface area contributed by atoms with E-state index < -0.39 is 0 Å². The summed E-state index contributed by atoms with van der Waals surface area (Å²) in [5, 5.41) is 5.94. The van der Waals surface area contributed by atoms with Gasteiger partial charge in [0, 0.05) is 11.8 Å². The molecule has 0 saturated heterocycles. The van der Waals surface area contributed by atoms with E-state index in [1.165, 1.54) is 5.56 Å². The summed E-state index contributed by atoms with van der Waals surface area (Å²) in [7, 11) is 0. The van der Waals surface area contributed by atoms with Gasteiger partial charge in [-0.15, -0.1) is 11.3 Å². The first-order valence-electron chi connectivity index (χ1n) is 8.21. The molecule has 0 atom stereocenters. The molecule has 1 amide bonds. The number of rotatable bonds is 8. The number of para-hydroxylation sites is 1. The fraction of sp³-hybridized carbons (Fsp3) is 0.200. The van der Waals surface area contributed by atoms with Gasteiger partial charge >= 0.3 is 0 Å². The van der Waals surface area contributed by atoms with E-state index in [-0.39, 0.29) is 5.91 Å². The van der Waals surface area contributed by atoms with E-state index in [9.17, 15) is 4.79 Å². The minimum Gasteiger partial charge on any atom is -0.493 e. The molecule has 0 bridgehead atoms. The number of carbonyl (C=O) groups is 1. The summed E-state index contributed by atoms with van der Waals surface area (Å²) in [4.78, 5) is 16.5. The Morgan fingerprint density at radius 2 is 1.76 bits per heavy atom. The van der Waals surface area contributed by atoms with Crippen LogP contribution in [-0.2, 0) is 17.8 Å². The molecule has 1 heterocycles. The maximum absolute atomic E-state index is 11.9. The first-order chi connectivity index (χ1) is 12.3. The van der Waals surface area contributed by atoms with E-state index in [1.54, 1.807) is 11.3 Å². The number of amides is 1. The van der Waals surface area contributed by atoms with Gasteiger partial charge in [0.1, 0.15) is 5.75 Å². The second kappa shape index (κ2) is 8.99. The zero-order valence-corrected chi connectivity index (χ0v) is 14.7. The number of hydrogen-bond acceptors (Lipinski definition) is 4. The van der Waals surface area contributed by atoms with Gasteiger partial charge in [-0.25, -0.2) is 4.98 Å². The standard InChI is InChI=1S/C20H20N2O2S/c23-19(11-12-24-18-9-5-2-6-10-18)21-14-17-15-25-20(22-17)13-16-7-3-1-4-8-16/h1-10,15H,11-14H2,(H,21,23). The second-order valence-corrected chi connectivity index (χ2v) is 6.53. The molecule has 0 unspecified atom stereocenters. The van der Waals surface area contributed by atoms with Crippen molar-refractivity contribution in [2.24, 2.45) is 0 Å². The first-order valence-corrected chi connectivity index (χ1v) is 9.09. The molecule has 0 aliphatic rings. The van der Waals surface area contributed by atoms with E-state index in [1.807, 2.05) is 53.9 Å². The van der Waals surface area contributed by atoms with Gasteiger partial charge < -0.3 is 10.1 Å². The molecule has 2 aromatic carbocycles. The van der Waals surface area contributed by atoms with Crippen LogP contribution in [0.3, 0.4) is 0 Å². The van der Waals surface area contributed by atoms with Crippen molar-refractivity contribution in [3.05, 3.63) is 82.3 Å². The summed E-state index contributed by atoms with van der Waals surface area (Å²) >= 11 is 1.62. The summed E-state index contributed by atoms with van der Waals surface area (Å²) in [5.41, 5.74) is 2.14. The predicted molar refractivity (Wildman–Crippen MR) is 99.8 cm³/mol. The highest BCUT2D eigenvalue weighted by molar-refractivity contribution is 7.09. The lowest BCUT2D eigenvalue weighted by atomic mass is 10.2. The minimum atomic E-state index is -0.0338. The smallest absolute Gasteiger partial charge is 0.223 e. The van der Waals surface area contributed by atoms with Gasteiger partial charge in [-0.1, -0.05) is 48.5 Å². The molecule has 128 valence electrons. The first kappa shape index (κ1) is 17.2. The number of nitrogens with one attached hydrogen (secondary N) is 1. The van der Waals surface area contributed by atoms with E-state index in [0.29, 0.717) is 19.6 Å². The Hall–Kier alpha value is -2.66. The van der Waals surface area contributed by atoms with Gasteiger partial charge in [0.25, 0.3) is 0 Å². The topological polar surface area (TPSA) is 51.2 Å². The Morgan fingerprint density at radius 1 is 1.04 bits per heavy atom. The molecule has 0 aliphatic carbocycles. The predicted octanol–water partition coefficient (Wildman–Crippen LogP) is 3.82. The quantitative estimate of drug-likeness (QED) is 0.670. The summed E-state index contributed by atoms with van der Waals surface area (Å²) in [5.74, 6) is 0.744. The lowest BCUT2D eigenvalue weighted by Gasteiger charge is -2.06. The highest BCUT2D eigenvalue weighted by Crippen LogP contribution is 2.14. The molecule has 1 N–H and O–H groups in total. The average Bonchev–Trinajstić information content (AvgIpc) is 3.09. The Kier molecular flexibility index (Phi) is 6.17. The van der Waals surface area contributed by atoms with Gasteiger partial charge in [-0.3, -0.25) is 4.79 Å². The largest absolute Gasteiger partial charge is 0.493 e. The molecule has 5 heteroatoms. The van der Waals surface area contributed by atoms with Gasteiger partial charge in [-0.05, 0) is 17.7 Å². The van der Waals surface area contributed by atoms with Crippen LogP contribution in [0.5, 0.6) is 5.75 Å². The van der Waals surface area contributed by atoms with Crippen molar-refractivity contribution in [3.63, 3.8) is 0 Å². The number of thiazole rings is 1. The SMILES string of the molecule is O=C(CCOc1ccccc1)NCc1csc(Cc2ccccc2)n1.